The molecule has 12 aromatic carbocycles. The zero-order valence-corrected chi connectivity index (χ0v) is 56.5. The first-order valence-electron chi connectivity index (χ1n) is 34.9. The summed E-state index contributed by atoms with van der Waals surface area (Å²) >= 11 is 0. The van der Waals surface area contributed by atoms with Gasteiger partial charge in [0.2, 0.25) is 0 Å². The number of hydrogen-bond acceptors (Lipinski definition) is 6. The molecule has 101 heavy (non-hydrogen) atoms. The number of benzene rings is 12. The summed E-state index contributed by atoms with van der Waals surface area (Å²) in [5, 5.41) is 4.40. The second kappa shape index (κ2) is 23.3. The number of fused-ring (bicyclic) bond motifs is 13. The number of aromatic nitrogens is 4. The highest BCUT2D eigenvalue weighted by molar-refractivity contribution is 5.94. The quantitative estimate of drug-likeness (QED) is 0.114. The number of pyridine rings is 4. The Morgan fingerprint density at radius 1 is 0.238 bits per heavy atom. The van der Waals surface area contributed by atoms with Gasteiger partial charge < -0.3 is 0 Å². The van der Waals surface area contributed by atoms with Crippen molar-refractivity contribution in [2.24, 2.45) is 0 Å². The van der Waals surface area contributed by atoms with E-state index in [0.29, 0.717) is 0 Å². The molecule has 6 nitrogen and oxygen atoms in total. The number of para-hydroxylation sites is 4. The summed E-state index contributed by atoms with van der Waals surface area (Å²) in [5.41, 5.74) is 26.9. The monoisotopic (exact) mass is 1290 g/mol. The SMILES string of the molecule is CC1(C)c2cc(/C=C/c3ccc4c(c3)C(c3ccccc3)(c3ccccc3)c3cc(/C=C/c5ccc6c(c5)C(C)(C)c5cc(N(c7ccc8ccccc8n7)c7ccc8ccccc8n7)ccc5-6)ccc3-4)ccc2-c2ccc(N(c3ccc4ccccc4n3)c3ccc4ccccc4n3)cc21. The fourth-order valence-electron chi connectivity index (χ4n) is 16.6. The number of anilines is 6. The van der Waals surface area contributed by atoms with Gasteiger partial charge >= 0.3 is 0 Å². The molecule has 0 atom stereocenters. The molecular weight excluding hydrogens is 1230 g/mol. The maximum absolute atomic E-state index is 5.24. The molecule has 0 N–H and O–H groups in total. The van der Waals surface area contributed by atoms with Gasteiger partial charge in [-0.15, -0.1) is 0 Å². The molecule has 4 heterocycles. The molecule has 0 spiro atoms. The van der Waals surface area contributed by atoms with Crippen molar-refractivity contribution in [2.45, 2.75) is 43.9 Å². The molecule has 3 aliphatic rings. The van der Waals surface area contributed by atoms with Crippen molar-refractivity contribution in [3.63, 3.8) is 0 Å². The minimum atomic E-state index is -0.597. The van der Waals surface area contributed by atoms with Gasteiger partial charge in [0.25, 0.3) is 0 Å². The highest BCUT2D eigenvalue weighted by Gasteiger charge is 2.47. The van der Waals surface area contributed by atoms with Gasteiger partial charge in [-0.05, 0) is 209 Å². The summed E-state index contributed by atoms with van der Waals surface area (Å²) in [6, 6.07) is 115. The van der Waals surface area contributed by atoms with Crippen molar-refractivity contribution >= 4 is 103 Å². The molecule has 19 rings (SSSR count). The van der Waals surface area contributed by atoms with E-state index in [-0.39, 0.29) is 10.8 Å². The zero-order valence-electron chi connectivity index (χ0n) is 56.5. The first-order chi connectivity index (χ1) is 49.5. The smallest absolute Gasteiger partial charge is 0.139 e. The highest BCUT2D eigenvalue weighted by Crippen LogP contribution is 2.58. The van der Waals surface area contributed by atoms with Gasteiger partial charge in [0.05, 0.1) is 27.5 Å². The van der Waals surface area contributed by atoms with Crippen LogP contribution in [0.2, 0.25) is 0 Å². The van der Waals surface area contributed by atoms with Crippen LogP contribution in [0, 0.1) is 0 Å². The van der Waals surface area contributed by atoms with E-state index in [2.05, 4.69) is 353 Å². The van der Waals surface area contributed by atoms with Gasteiger partial charge in [-0.25, -0.2) is 19.9 Å². The van der Waals surface area contributed by atoms with Crippen LogP contribution in [0.1, 0.15) is 94.5 Å². The van der Waals surface area contributed by atoms with Crippen LogP contribution in [-0.2, 0) is 16.2 Å². The minimum Gasteiger partial charge on any atom is -0.279 e. The second-order valence-electron chi connectivity index (χ2n) is 28.2. The van der Waals surface area contributed by atoms with E-state index in [4.69, 9.17) is 19.9 Å². The van der Waals surface area contributed by atoms with Gasteiger partial charge in [-0.1, -0.05) is 258 Å². The number of hydrogen-bond donors (Lipinski definition) is 0. The average Bonchev–Trinajstić information content (AvgIpc) is 1.55. The molecule has 0 fully saturated rings. The molecule has 16 aromatic rings. The first kappa shape index (κ1) is 59.6. The van der Waals surface area contributed by atoms with Crippen molar-refractivity contribution in [1.29, 1.82) is 0 Å². The summed E-state index contributed by atoms with van der Waals surface area (Å²) < 4.78 is 0. The summed E-state index contributed by atoms with van der Waals surface area (Å²) in [6.07, 6.45) is 9.19. The van der Waals surface area contributed by atoms with E-state index in [1.165, 1.54) is 77.9 Å². The third kappa shape index (κ3) is 9.76. The Kier molecular flexibility index (Phi) is 13.7. The van der Waals surface area contributed by atoms with E-state index in [1.807, 2.05) is 24.3 Å². The van der Waals surface area contributed by atoms with E-state index in [9.17, 15) is 0 Å². The van der Waals surface area contributed by atoms with Crippen molar-refractivity contribution in [2.75, 3.05) is 9.80 Å². The van der Waals surface area contributed by atoms with Crippen LogP contribution in [0.25, 0.3) is 101 Å². The molecule has 0 radical (unpaired) electrons. The first-order valence-corrected chi connectivity index (χ1v) is 34.9. The summed E-state index contributed by atoms with van der Waals surface area (Å²) in [5.74, 6) is 3.28. The Labute approximate surface area is 588 Å². The average molecular weight is 1290 g/mol. The molecule has 0 unspecified atom stereocenters. The van der Waals surface area contributed by atoms with Crippen LogP contribution in [0.15, 0.2) is 315 Å². The topological polar surface area (TPSA) is 58.0 Å². The Morgan fingerprint density at radius 3 is 0.812 bits per heavy atom. The number of nitrogens with zero attached hydrogens (tertiary/aromatic N) is 6. The van der Waals surface area contributed by atoms with Crippen LogP contribution >= 0.6 is 0 Å². The molecule has 0 amide bonds. The molecule has 0 aliphatic heterocycles. The van der Waals surface area contributed by atoms with Crippen molar-refractivity contribution < 1.29 is 0 Å². The lowest BCUT2D eigenvalue weighted by molar-refractivity contribution is 0.660. The fourth-order valence-corrected chi connectivity index (χ4v) is 16.6. The van der Waals surface area contributed by atoms with Gasteiger partial charge in [-0.2, -0.15) is 0 Å². The van der Waals surface area contributed by atoms with Gasteiger partial charge in [0.1, 0.15) is 23.3 Å². The lowest BCUT2D eigenvalue weighted by Crippen LogP contribution is -2.28. The summed E-state index contributed by atoms with van der Waals surface area (Å²) in [6.45, 7) is 9.45. The maximum Gasteiger partial charge on any atom is 0.139 e. The Balaban J connectivity index is 0.636. The predicted octanol–water partition coefficient (Wildman–Crippen LogP) is 24.1. The predicted molar refractivity (Wildman–Crippen MR) is 420 cm³/mol. The Bertz CT molecular complexity index is 5590. The van der Waals surface area contributed by atoms with Gasteiger partial charge in [0, 0.05) is 43.7 Å². The largest absolute Gasteiger partial charge is 0.279 e. The summed E-state index contributed by atoms with van der Waals surface area (Å²) in [7, 11) is 0. The molecule has 0 saturated heterocycles. The van der Waals surface area contributed by atoms with Gasteiger partial charge in [0.15, 0.2) is 0 Å². The molecular formula is C95H68N6. The van der Waals surface area contributed by atoms with Crippen LogP contribution in [0.5, 0.6) is 0 Å². The van der Waals surface area contributed by atoms with E-state index in [1.54, 1.807) is 0 Å². The standard InChI is InChI=1S/C95H68N6/c1-93(2)79-55-61(35-45-73(79)75-49-43-71(59-81(75)93)100(89-51-39-65-19-11-15-27-85(65)96-89)90-52-40-66-20-12-16-28-86(66)97-90)31-33-63-37-47-77-78-48-38-64(58-84(78)95(83(77)57-63,69-23-7-5-8-24-69)70-25-9-6-10-26-70)34-32-62-36-46-74-76-50-44-72(60-82(76)94(3,4)80(74)56-62)101(91-53-41-67-21-13-17-29-87(67)98-91)92-54-42-68-22-14-18-30-88(68)99-92/h5-60H,1-4H3/b33-31+,34-32+. The lowest BCUT2D eigenvalue weighted by Gasteiger charge is -2.34. The molecule has 3 aliphatic carbocycles. The Morgan fingerprint density at radius 2 is 0.495 bits per heavy atom. The molecule has 478 valence electrons. The summed E-state index contributed by atoms with van der Waals surface area (Å²) in [4.78, 5) is 25.4. The van der Waals surface area contributed by atoms with Crippen LogP contribution < -0.4 is 9.80 Å². The molecule has 4 aromatic heterocycles. The van der Waals surface area contributed by atoms with E-state index >= 15 is 0 Å². The van der Waals surface area contributed by atoms with E-state index in [0.717, 1.165) is 101 Å². The minimum absolute atomic E-state index is 0.293. The second-order valence-corrected chi connectivity index (χ2v) is 28.2. The van der Waals surface area contributed by atoms with Crippen LogP contribution in [-0.4, -0.2) is 19.9 Å². The molecule has 0 bridgehead atoms. The third-order valence-electron chi connectivity index (χ3n) is 21.7. The normalized spacial score (nSPS) is 14.1. The number of rotatable bonds is 12. The fraction of sp³-hybridized carbons (Fsp3) is 0.0737. The van der Waals surface area contributed by atoms with Crippen molar-refractivity contribution in [3.05, 3.63) is 382 Å². The zero-order chi connectivity index (χ0) is 67.6. The van der Waals surface area contributed by atoms with Crippen molar-refractivity contribution in [1.82, 2.24) is 19.9 Å². The maximum atomic E-state index is 5.24. The molecule has 6 heteroatoms. The Hall–Kier alpha value is -12.6. The van der Waals surface area contributed by atoms with E-state index < -0.39 is 5.41 Å². The molecule has 0 saturated carbocycles. The van der Waals surface area contributed by atoms with Crippen molar-refractivity contribution in [3.8, 4) is 33.4 Å². The highest BCUT2D eigenvalue weighted by atomic mass is 15.2. The van der Waals surface area contributed by atoms with Crippen LogP contribution in [0.4, 0.5) is 34.6 Å². The third-order valence-corrected chi connectivity index (χ3v) is 21.7. The van der Waals surface area contributed by atoms with Gasteiger partial charge in [-0.3, -0.25) is 9.80 Å². The lowest BCUT2D eigenvalue weighted by atomic mass is 9.67. The van der Waals surface area contributed by atoms with Crippen LogP contribution in [0.3, 0.4) is 0 Å².